The first-order chi connectivity index (χ1) is 13.9. The standard InChI is InChI=1S/C20H28N4O4S/c1-12-10-22-19(28-11-12)17(9-21)29(26,27)24-20(25)23-18-15-6-2-4-13(15)8-14-5-3-7-16(14)18/h8-9,12,20-25H,2-7,10-11H2,1H3/b19-17-,21-9?/t12-,20?/m0/s1. The van der Waals surface area contributed by atoms with E-state index < -0.39 is 16.4 Å². The van der Waals surface area contributed by atoms with Crippen LogP contribution in [0.4, 0.5) is 5.69 Å². The summed E-state index contributed by atoms with van der Waals surface area (Å²) in [4.78, 5) is -0.325. The van der Waals surface area contributed by atoms with Gasteiger partial charge in [-0.15, -0.1) is 0 Å². The number of hydrogen-bond donors (Lipinski definition) is 5. The van der Waals surface area contributed by atoms with E-state index in [1.807, 2.05) is 6.92 Å². The number of hydrogen-bond acceptors (Lipinski definition) is 7. The molecule has 0 amide bonds. The molecular weight excluding hydrogens is 392 g/mol. The van der Waals surface area contributed by atoms with Crippen LogP contribution >= 0.6 is 0 Å². The van der Waals surface area contributed by atoms with Crippen LogP contribution in [0.2, 0.25) is 0 Å². The zero-order chi connectivity index (χ0) is 20.6. The Kier molecular flexibility index (Phi) is 5.54. The van der Waals surface area contributed by atoms with Crippen molar-refractivity contribution in [3.05, 3.63) is 39.1 Å². The number of benzene rings is 1. The molecule has 1 unspecified atom stereocenters. The number of aliphatic hydroxyl groups excluding tert-OH is 1. The van der Waals surface area contributed by atoms with E-state index in [2.05, 4.69) is 21.4 Å². The Morgan fingerprint density at radius 1 is 1.28 bits per heavy atom. The lowest BCUT2D eigenvalue weighted by Gasteiger charge is -2.26. The summed E-state index contributed by atoms with van der Waals surface area (Å²) in [6, 6.07) is 2.27. The fourth-order valence-electron chi connectivity index (χ4n) is 4.39. The van der Waals surface area contributed by atoms with E-state index in [0.29, 0.717) is 13.2 Å². The van der Waals surface area contributed by atoms with Crippen LogP contribution < -0.4 is 15.4 Å². The molecule has 5 N–H and O–H groups in total. The van der Waals surface area contributed by atoms with Gasteiger partial charge >= 0.3 is 0 Å². The summed E-state index contributed by atoms with van der Waals surface area (Å²) >= 11 is 0. The minimum absolute atomic E-state index is 0.0410. The maximum atomic E-state index is 12.8. The number of allylic oxidation sites excluding steroid dienone is 1. The first kappa shape index (κ1) is 20.2. The number of aryl methyl sites for hydroxylation is 2. The van der Waals surface area contributed by atoms with Crippen molar-refractivity contribution in [2.75, 3.05) is 18.5 Å². The molecule has 2 aliphatic carbocycles. The van der Waals surface area contributed by atoms with E-state index in [1.165, 1.54) is 22.3 Å². The van der Waals surface area contributed by atoms with Gasteiger partial charge in [0.15, 0.2) is 11.3 Å². The van der Waals surface area contributed by atoms with Gasteiger partial charge in [0.25, 0.3) is 10.0 Å². The molecule has 1 heterocycles. The van der Waals surface area contributed by atoms with Gasteiger partial charge in [-0.25, -0.2) is 8.42 Å². The van der Waals surface area contributed by atoms with E-state index in [9.17, 15) is 13.5 Å². The highest BCUT2D eigenvalue weighted by Gasteiger charge is 2.29. The highest BCUT2D eigenvalue weighted by molar-refractivity contribution is 7.94. The van der Waals surface area contributed by atoms with E-state index in [1.54, 1.807) is 0 Å². The summed E-state index contributed by atoms with van der Waals surface area (Å²) in [5.74, 6) is 0.287. The first-order valence-electron chi connectivity index (χ1n) is 10.1. The van der Waals surface area contributed by atoms with Crippen molar-refractivity contribution >= 4 is 21.9 Å². The van der Waals surface area contributed by atoms with E-state index in [0.717, 1.165) is 50.4 Å². The molecule has 9 heteroatoms. The summed E-state index contributed by atoms with van der Waals surface area (Å²) in [6.07, 6.45) is 5.25. The Hall–Kier alpha value is -2.10. The van der Waals surface area contributed by atoms with Crippen molar-refractivity contribution in [1.29, 1.82) is 5.41 Å². The van der Waals surface area contributed by atoms with Crippen LogP contribution in [-0.2, 0) is 40.4 Å². The monoisotopic (exact) mass is 420 g/mol. The second-order valence-corrected chi connectivity index (χ2v) is 9.72. The molecule has 1 saturated heterocycles. The summed E-state index contributed by atoms with van der Waals surface area (Å²) in [6.45, 7) is 2.91. The van der Waals surface area contributed by atoms with Gasteiger partial charge < -0.3 is 25.9 Å². The Morgan fingerprint density at radius 2 is 1.93 bits per heavy atom. The SMILES string of the molecule is C[C@H]1CN/C(=C(\C=N)S(=O)(=O)NC(O)Nc2c3c(cc4c2CCC4)CCC3)OC1. The van der Waals surface area contributed by atoms with Crippen molar-refractivity contribution in [2.45, 2.75) is 51.8 Å². The van der Waals surface area contributed by atoms with Gasteiger partial charge in [-0.2, -0.15) is 4.72 Å². The van der Waals surface area contributed by atoms with Gasteiger partial charge in [-0.1, -0.05) is 13.0 Å². The fraction of sp³-hybridized carbons (Fsp3) is 0.550. The molecule has 2 atom stereocenters. The van der Waals surface area contributed by atoms with Crippen molar-refractivity contribution < 1.29 is 18.3 Å². The maximum absolute atomic E-state index is 12.8. The number of ether oxygens (including phenoxy) is 1. The number of anilines is 1. The van der Waals surface area contributed by atoms with E-state index in [-0.39, 0.29) is 16.7 Å². The summed E-state index contributed by atoms with van der Waals surface area (Å²) in [5, 5.41) is 24.0. The molecular formula is C20H28N4O4S. The third-order valence-corrected chi connectivity index (χ3v) is 7.20. The number of rotatable bonds is 6. The summed E-state index contributed by atoms with van der Waals surface area (Å²) < 4.78 is 33.2. The molecule has 0 radical (unpaired) electrons. The number of sulfonamides is 1. The summed E-state index contributed by atoms with van der Waals surface area (Å²) in [5.41, 5.74) is 5.81. The van der Waals surface area contributed by atoms with Crippen LogP contribution in [0.1, 0.15) is 42.0 Å². The normalized spacial score (nSPS) is 23.4. The smallest absolute Gasteiger partial charge is 0.250 e. The molecule has 4 rings (SSSR count). The molecule has 1 aromatic rings. The lowest BCUT2D eigenvalue weighted by Crippen LogP contribution is -2.43. The van der Waals surface area contributed by atoms with Crippen molar-refractivity contribution in [3.63, 3.8) is 0 Å². The van der Waals surface area contributed by atoms with Gasteiger partial charge in [-0.3, -0.25) is 0 Å². The van der Waals surface area contributed by atoms with Gasteiger partial charge in [0.2, 0.25) is 5.88 Å². The third kappa shape index (κ3) is 3.99. The van der Waals surface area contributed by atoms with Crippen LogP contribution in [0.3, 0.4) is 0 Å². The molecule has 3 aliphatic rings. The van der Waals surface area contributed by atoms with Crippen LogP contribution in [0, 0.1) is 11.3 Å². The average molecular weight is 421 g/mol. The number of aliphatic hydroxyl groups is 1. The second kappa shape index (κ2) is 7.97. The Balaban J connectivity index is 1.55. The van der Waals surface area contributed by atoms with Gasteiger partial charge in [0.1, 0.15) is 0 Å². The first-order valence-corrected chi connectivity index (χ1v) is 11.6. The van der Waals surface area contributed by atoms with Crippen molar-refractivity contribution in [3.8, 4) is 0 Å². The lowest BCUT2D eigenvalue weighted by molar-refractivity contribution is 0.117. The molecule has 1 fully saturated rings. The predicted octanol–water partition coefficient (Wildman–Crippen LogP) is 1.35. The molecule has 0 saturated carbocycles. The predicted molar refractivity (Wildman–Crippen MR) is 111 cm³/mol. The maximum Gasteiger partial charge on any atom is 0.250 e. The van der Waals surface area contributed by atoms with Crippen molar-refractivity contribution in [2.24, 2.45) is 5.92 Å². The topological polar surface area (TPSA) is 124 Å². The second-order valence-electron chi connectivity index (χ2n) is 8.04. The average Bonchev–Trinajstić information content (AvgIpc) is 3.32. The van der Waals surface area contributed by atoms with Crippen molar-refractivity contribution in [1.82, 2.24) is 10.0 Å². The molecule has 0 bridgehead atoms. The van der Waals surface area contributed by atoms with Crippen LogP contribution in [0.5, 0.6) is 0 Å². The lowest BCUT2D eigenvalue weighted by atomic mass is 9.99. The molecule has 29 heavy (non-hydrogen) atoms. The zero-order valence-electron chi connectivity index (χ0n) is 16.5. The molecule has 158 valence electrons. The fourth-order valence-corrected chi connectivity index (χ4v) is 5.40. The Bertz CT molecular complexity index is 915. The third-order valence-electron chi connectivity index (χ3n) is 5.79. The van der Waals surface area contributed by atoms with Gasteiger partial charge in [-0.05, 0) is 60.8 Å². The largest absolute Gasteiger partial charge is 0.478 e. The molecule has 1 aromatic carbocycles. The van der Waals surface area contributed by atoms with Crippen LogP contribution in [-0.4, -0.2) is 39.2 Å². The summed E-state index contributed by atoms with van der Waals surface area (Å²) in [7, 11) is -4.15. The molecule has 8 nitrogen and oxygen atoms in total. The van der Waals surface area contributed by atoms with E-state index >= 15 is 0 Å². The quantitative estimate of drug-likeness (QED) is 0.350. The highest BCUT2D eigenvalue weighted by atomic mass is 32.2. The molecule has 0 spiro atoms. The van der Waals surface area contributed by atoms with Gasteiger partial charge in [0.05, 0.1) is 6.61 Å². The Morgan fingerprint density at radius 3 is 2.48 bits per heavy atom. The zero-order valence-corrected chi connectivity index (χ0v) is 17.4. The number of nitrogens with one attached hydrogen (secondary N) is 4. The van der Waals surface area contributed by atoms with Crippen LogP contribution in [0.15, 0.2) is 16.9 Å². The minimum Gasteiger partial charge on any atom is -0.478 e. The van der Waals surface area contributed by atoms with Gasteiger partial charge in [0, 0.05) is 24.4 Å². The molecule has 1 aliphatic heterocycles. The number of fused-ring (bicyclic) bond motifs is 2. The van der Waals surface area contributed by atoms with E-state index in [4.69, 9.17) is 10.1 Å². The molecule has 0 aromatic heterocycles. The highest BCUT2D eigenvalue weighted by Crippen LogP contribution is 2.38. The minimum atomic E-state index is -4.15. The Labute approximate surface area is 171 Å². The van der Waals surface area contributed by atoms with Crippen LogP contribution in [0.25, 0.3) is 0 Å².